The van der Waals surface area contributed by atoms with Gasteiger partial charge in [0.1, 0.15) is 0 Å². The van der Waals surface area contributed by atoms with Crippen LogP contribution < -0.4 is 0 Å². The van der Waals surface area contributed by atoms with Gasteiger partial charge in [0, 0.05) is 11.1 Å². The van der Waals surface area contributed by atoms with Gasteiger partial charge in [-0.1, -0.05) is 49.0 Å². The molecule has 2 aromatic carbocycles. The number of ketones is 1. The molecule has 82 valence electrons. The van der Waals surface area contributed by atoms with Crippen molar-refractivity contribution in [2.24, 2.45) is 0 Å². The lowest BCUT2D eigenvalue weighted by Gasteiger charge is -2.21. The Bertz CT molecular complexity index is 650. The molecule has 1 nitrogen and oxygen atoms in total. The number of carbonyl (C=O) groups is 1. The molecule has 0 spiro atoms. The van der Waals surface area contributed by atoms with E-state index in [-0.39, 0.29) is 5.78 Å². The highest BCUT2D eigenvalue weighted by molar-refractivity contribution is 6.19. The summed E-state index contributed by atoms with van der Waals surface area (Å²) in [5, 5.41) is 0. The Labute approximate surface area is 100 Å². The predicted molar refractivity (Wildman–Crippen MR) is 69.2 cm³/mol. The van der Waals surface area contributed by atoms with E-state index in [0.717, 1.165) is 33.4 Å². The van der Waals surface area contributed by atoms with Crippen molar-refractivity contribution < 1.29 is 4.79 Å². The van der Waals surface area contributed by atoms with E-state index in [1.165, 1.54) is 0 Å². The van der Waals surface area contributed by atoms with Crippen molar-refractivity contribution in [1.29, 1.82) is 0 Å². The third-order valence-electron chi connectivity index (χ3n) is 3.32. The standard InChI is InChI=1S/C16H12O/c1-10-6-5-9-13-11(2)12-7-3-4-8-14(12)16(17)15(10)13/h3-9H,2H2,1H3. The van der Waals surface area contributed by atoms with Crippen molar-refractivity contribution in [3.63, 3.8) is 0 Å². The molecule has 3 rings (SSSR count). The molecule has 1 heteroatoms. The minimum Gasteiger partial charge on any atom is -0.289 e. The van der Waals surface area contributed by atoms with E-state index in [9.17, 15) is 4.79 Å². The summed E-state index contributed by atoms with van der Waals surface area (Å²) in [5.41, 5.74) is 5.45. The van der Waals surface area contributed by atoms with E-state index in [2.05, 4.69) is 6.58 Å². The Morgan fingerprint density at radius 2 is 1.53 bits per heavy atom. The van der Waals surface area contributed by atoms with Crippen molar-refractivity contribution >= 4 is 11.4 Å². The molecule has 0 fully saturated rings. The fraction of sp³-hybridized carbons (Fsp3) is 0.0625. The topological polar surface area (TPSA) is 17.1 Å². The molecule has 0 atom stereocenters. The van der Waals surface area contributed by atoms with E-state index in [1.807, 2.05) is 49.4 Å². The van der Waals surface area contributed by atoms with Crippen LogP contribution in [0, 0.1) is 6.92 Å². The van der Waals surface area contributed by atoms with Gasteiger partial charge in [0.2, 0.25) is 0 Å². The number of rotatable bonds is 0. The molecule has 0 saturated carbocycles. The SMILES string of the molecule is C=C1c2ccccc2C(=O)c2c(C)cccc21. The molecular weight excluding hydrogens is 208 g/mol. The maximum Gasteiger partial charge on any atom is 0.194 e. The third-order valence-corrected chi connectivity index (χ3v) is 3.32. The normalized spacial score (nSPS) is 13.2. The number of fused-ring (bicyclic) bond motifs is 2. The summed E-state index contributed by atoms with van der Waals surface area (Å²) < 4.78 is 0. The highest BCUT2D eigenvalue weighted by atomic mass is 16.1. The van der Waals surface area contributed by atoms with Crippen LogP contribution in [0.1, 0.15) is 32.6 Å². The predicted octanol–water partition coefficient (Wildman–Crippen LogP) is 3.60. The summed E-state index contributed by atoms with van der Waals surface area (Å²) in [7, 11) is 0. The highest BCUT2D eigenvalue weighted by Gasteiger charge is 2.26. The fourth-order valence-corrected chi connectivity index (χ4v) is 2.44. The van der Waals surface area contributed by atoms with Crippen molar-refractivity contribution in [3.05, 3.63) is 76.9 Å². The van der Waals surface area contributed by atoms with Gasteiger partial charge in [-0.2, -0.15) is 0 Å². The van der Waals surface area contributed by atoms with Gasteiger partial charge >= 0.3 is 0 Å². The molecule has 0 unspecified atom stereocenters. The summed E-state index contributed by atoms with van der Waals surface area (Å²) in [4.78, 5) is 12.4. The van der Waals surface area contributed by atoms with E-state index in [4.69, 9.17) is 0 Å². The number of aryl methyl sites for hydroxylation is 1. The van der Waals surface area contributed by atoms with Gasteiger partial charge in [0.05, 0.1) is 0 Å². The number of carbonyl (C=O) groups excluding carboxylic acids is 1. The second kappa shape index (κ2) is 3.42. The molecular formula is C16H12O. The average molecular weight is 220 g/mol. The van der Waals surface area contributed by atoms with Crippen LogP contribution in [-0.2, 0) is 0 Å². The molecule has 2 aromatic rings. The first-order valence-electron chi connectivity index (χ1n) is 5.63. The van der Waals surface area contributed by atoms with E-state index < -0.39 is 0 Å². The first-order chi connectivity index (χ1) is 8.20. The minimum absolute atomic E-state index is 0.112. The first-order valence-corrected chi connectivity index (χ1v) is 5.63. The molecule has 0 aliphatic heterocycles. The molecule has 1 aliphatic rings. The molecule has 1 aliphatic carbocycles. The van der Waals surface area contributed by atoms with E-state index in [0.29, 0.717) is 0 Å². The zero-order valence-electron chi connectivity index (χ0n) is 9.66. The van der Waals surface area contributed by atoms with Crippen molar-refractivity contribution in [2.45, 2.75) is 6.92 Å². The maximum absolute atomic E-state index is 12.4. The lowest BCUT2D eigenvalue weighted by Crippen LogP contribution is -2.15. The molecule has 0 amide bonds. The Kier molecular flexibility index (Phi) is 2.02. The second-order valence-corrected chi connectivity index (χ2v) is 4.35. The largest absolute Gasteiger partial charge is 0.289 e. The average Bonchev–Trinajstić information content (AvgIpc) is 2.36. The van der Waals surface area contributed by atoms with Crippen LogP contribution in [0.25, 0.3) is 5.57 Å². The smallest absolute Gasteiger partial charge is 0.194 e. The summed E-state index contributed by atoms with van der Waals surface area (Å²) in [6, 6.07) is 13.6. The molecule has 17 heavy (non-hydrogen) atoms. The maximum atomic E-state index is 12.4. The zero-order valence-corrected chi connectivity index (χ0v) is 9.66. The van der Waals surface area contributed by atoms with Gasteiger partial charge in [-0.3, -0.25) is 4.79 Å². The Morgan fingerprint density at radius 3 is 2.29 bits per heavy atom. The molecule has 0 radical (unpaired) electrons. The van der Waals surface area contributed by atoms with Crippen LogP contribution in [0.4, 0.5) is 0 Å². The van der Waals surface area contributed by atoms with Gasteiger partial charge in [0.25, 0.3) is 0 Å². The first kappa shape index (κ1) is 10.0. The van der Waals surface area contributed by atoms with Crippen molar-refractivity contribution in [2.75, 3.05) is 0 Å². The van der Waals surface area contributed by atoms with Crippen LogP contribution in [0.3, 0.4) is 0 Å². The van der Waals surface area contributed by atoms with Gasteiger partial charge in [-0.05, 0) is 29.2 Å². The Balaban J connectivity index is 2.37. The third kappa shape index (κ3) is 1.29. The molecule has 0 aromatic heterocycles. The van der Waals surface area contributed by atoms with Gasteiger partial charge in [0.15, 0.2) is 5.78 Å². The second-order valence-electron chi connectivity index (χ2n) is 4.35. The van der Waals surface area contributed by atoms with Crippen LogP contribution in [0.5, 0.6) is 0 Å². The van der Waals surface area contributed by atoms with E-state index in [1.54, 1.807) is 0 Å². The van der Waals surface area contributed by atoms with Crippen LogP contribution >= 0.6 is 0 Å². The monoisotopic (exact) mass is 220 g/mol. The lowest BCUT2D eigenvalue weighted by atomic mass is 9.80. The number of hydrogen-bond donors (Lipinski definition) is 0. The number of hydrogen-bond acceptors (Lipinski definition) is 1. The zero-order chi connectivity index (χ0) is 12.0. The summed E-state index contributed by atoms with van der Waals surface area (Å²) >= 11 is 0. The molecule has 0 bridgehead atoms. The van der Waals surface area contributed by atoms with Crippen LogP contribution in [0.2, 0.25) is 0 Å². The fourth-order valence-electron chi connectivity index (χ4n) is 2.44. The Morgan fingerprint density at radius 1 is 0.882 bits per heavy atom. The minimum atomic E-state index is 0.112. The molecule has 0 N–H and O–H groups in total. The van der Waals surface area contributed by atoms with Gasteiger partial charge in [-0.25, -0.2) is 0 Å². The molecule has 0 saturated heterocycles. The summed E-state index contributed by atoms with van der Waals surface area (Å²) in [6.07, 6.45) is 0. The number of benzene rings is 2. The summed E-state index contributed by atoms with van der Waals surface area (Å²) in [5.74, 6) is 0.112. The van der Waals surface area contributed by atoms with Crippen molar-refractivity contribution in [3.8, 4) is 0 Å². The lowest BCUT2D eigenvalue weighted by molar-refractivity contribution is 0.103. The van der Waals surface area contributed by atoms with Gasteiger partial charge in [-0.15, -0.1) is 0 Å². The van der Waals surface area contributed by atoms with Crippen molar-refractivity contribution in [1.82, 2.24) is 0 Å². The highest BCUT2D eigenvalue weighted by Crippen LogP contribution is 2.35. The van der Waals surface area contributed by atoms with E-state index >= 15 is 0 Å². The Hall–Kier alpha value is -2.15. The summed E-state index contributed by atoms with van der Waals surface area (Å²) in [6.45, 7) is 6.09. The van der Waals surface area contributed by atoms with Gasteiger partial charge < -0.3 is 0 Å². The van der Waals surface area contributed by atoms with Crippen LogP contribution in [-0.4, -0.2) is 5.78 Å². The van der Waals surface area contributed by atoms with Crippen LogP contribution in [0.15, 0.2) is 49.0 Å². The molecule has 0 heterocycles. The quantitative estimate of drug-likeness (QED) is 0.565.